The van der Waals surface area contributed by atoms with Crippen LogP contribution in [-0.4, -0.2) is 99.2 Å². The van der Waals surface area contributed by atoms with Gasteiger partial charge in [-0.1, -0.05) is 23.7 Å². The minimum Gasteiger partial charge on any atom is -0.377 e. The Morgan fingerprint density at radius 2 is 0.741 bits per heavy atom. The van der Waals surface area contributed by atoms with Crippen molar-refractivity contribution in [2.75, 3.05) is 90.8 Å². The Bertz CT molecular complexity index is 536. The smallest absolute Gasteiger partial charge is 0.172 e. The highest BCUT2D eigenvalue weighted by Crippen LogP contribution is 1.88. The fourth-order valence-electron chi connectivity index (χ4n) is 1.72. The summed E-state index contributed by atoms with van der Waals surface area (Å²) in [7, 11) is -3.33. The molecule has 1 heterocycles. The second-order valence-electron chi connectivity index (χ2n) is 5.29. The van der Waals surface area contributed by atoms with Crippen molar-refractivity contribution in [1.82, 2.24) is 0 Å². The van der Waals surface area contributed by atoms with Crippen LogP contribution in [0.25, 0.3) is 0 Å². The molecule has 0 N–H and O–H groups in total. The summed E-state index contributed by atoms with van der Waals surface area (Å²) in [5, 5.41) is 0. The predicted octanol–water partition coefficient (Wildman–Crippen LogP) is -0.479. The number of sulfone groups is 1. The van der Waals surface area contributed by atoms with Gasteiger partial charge < -0.3 is 28.4 Å². The lowest BCUT2D eigenvalue weighted by atomic mass is 10.6. The molecular formula is C18H28O8S. The van der Waals surface area contributed by atoms with E-state index in [4.69, 9.17) is 28.4 Å². The van der Waals surface area contributed by atoms with Gasteiger partial charge in [-0.2, -0.15) is 0 Å². The molecular weight excluding hydrogens is 376 g/mol. The molecule has 0 unspecified atom stereocenters. The molecule has 0 aromatic rings. The third-order valence-corrected chi connectivity index (χ3v) is 4.21. The van der Waals surface area contributed by atoms with E-state index in [0.717, 1.165) is 0 Å². The van der Waals surface area contributed by atoms with Gasteiger partial charge in [0.1, 0.15) is 24.7 Å². The fourth-order valence-corrected chi connectivity index (χ4v) is 2.46. The lowest BCUT2D eigenvalue weighted by Crippen LogP contribution is -2.14. The number of hydrogen-bond acceptors (Lipinski definition) is 8. The molecule has 0 fully saturated rings. The second kappa shape index (κ2) is 17.0. The molecule has 0 aromatic carbocycles. The van der Waals surface area contributed by atoms with Gasteiger partial charge in [-0.3, -0.25) is 0 Å². The van der Waals surface area contributed by atoms with Crippen molar-refractivity contribution in [2.24, 2.45) is 0 Å². The van der Waals surface area contributed by atoms with Gasteiger partial charge in [0.15, 0.2) is 9.84 Å². The van der Waals surface area contributed by atoms with Gasteiger partial charge in [-0.05, 0) is 0 Å². The largest absolute Gasteiger partial charge is 0.377 e. The first-order valence-electron chi connectivity index (χ1n) is 8.79. The van der Waals surface area contributed by atoms with Crippen molar-refractivity contribution in [3.8, 4) is 23.7 Å². The highest BCUT2D eigenvalue weighted by molar-refractivity contribution is 7.91. The van der Waals surface area contributed by atoms with E-state index in [1.54, 1.807) is 0 Å². The zero-order valence-electron chi connectivity index (χ0n) is 15.6. The number of hydrogen-bond donors (Lipinski definition) is 0. The Hall–Kier alpha value is -1.17. The maximum Gasteiger partial charge on any atom is 0.172 e. The normalized spacial score (nSPS) is 22.7. The van der Waals surface area contributed by atoms with Crippen LogP contribution in [0.15, 0.2) is 0 Å². The van der Waals surface area contributed by atoms with E-state index in [-0.39, 0.29) is 24.7 Å². The monoisotopic (exact) mass is 404 g/mol. The van der Waals surface area contributed by atoms with Crippen molar-refractivity contribution in [1.29, 1.82) is 0 Å². The van der Waals surface area contributed by atoms with E-state index in [9.17, 15) is 8.42 Å². The molecule has 0 saturated carbocycles. The van der Waals surface area contributed by atoms with Crippen LogP contribution in [-0.2, 0) is 38.3 Å². The third-order valence-electron chi connectivity index (χ3n) is 3.04. The Kier molecular flexibility index (Phi) is 15.0. The Labute approximate surface area is 161 Å². The first kappa shape index (κ1) is 23.9. The molecule has 0 bridgehead atoms. The van der Waals surface area contributed by atoms with Crippen molar-refractivity contribution in [3.05, 3.63) is 0 Å². The predicted molar refractivity (Wildman–Crippen MR) is 99.1 cm³/mol. The topological polar surface area (TPSA) is 89.5 Å². The lowest BCUT2D eigenvalue weighted by Gasteiger charge is -2.07. The van der Waals surface area contributed by atoms with E-state index in [1.165, 1.54) is 0 Å². The Balaban J connectivity index is 2.30. The number of ether oxygens (including phenoxy) is 6. The van der Waals surface area contributed by atoms with Gasteiger partial charge in [-0.15, -0.1) is 0 Å². The molecule has 9 heteroatoms. The van der Waals surface area contributed by atoms with Gasteiger partial charge in [0, 0.05) is 0 Å². The van der Waals surface area contributed by atoms with E-state index < -0.39 is 9.84 Å². The third kappa shape index (κ3) is 16.7. The van der Waals surface area contributed by atoms with E-state index in [1.807, 2.05) is 0 Å². The fraction of sp³-hybridized carbons (Fsp3) is 0.778. The molecule has 0 aromatic heterocycles. The SMILES string of the molecule is O=S1(=O)CC#CCOCCOCCOCCOCCOCCOCC#CC1. The molecule has 1 aliphatic heterocycles. The highest BCUT2D eigenvalue weighted by Gasteiger charge is 2.05. The first-order valence-corrected chi connectivity index (χ1v) is 10.6. The summed E-state index contributed by atoms with van der Waals surface area (Å²) < 4.78 is 55.4. The first-order chi connectivity index (χ1) is 13.2. The summed E-state index contributed by atoms with van der Waals surface area (Å²) in [6, 6.07) is 0. The van der Waals surface area contributed by atoms with Crippen molar-refractivity contribution in [2.45, 2.75) is 0 Å². The highest BCUT2D eigenvalue weighted by atomic mass is 32.2. The van der Waals surface area contributed by atoms with Gasteiger partial charge in [0.25, 0.3) is 0 Å². The summed E-state index contributed by atoms with van der Waals surface area (Å²) in [6.45, 7) is 4.85. The standard InChI is InChI=1S/C18H28O8S/c19-27(20)17-3-1-5-21-7-9-23-11-13-25-15-16-26-14-12-24-10-8-22-6-2-4-18-27/h5-18H2. The van der Waals surface area contributed by atoms with E-state index in [2.05, 4.69) is 23.7 Å². The summed E-state index contributed by atoms with van der Waals surface area (Å²) >= 11 is 0. The van der Waals surface area contributed by atoms with Crippen LogP contribution in [0.4, 0.5) is 0 Å². The van der Waals surface area contributed by atoms with Crippen LogP contribution in [0, 0.1) is 23.7 Å². The molecule has 0 amide bonds. The summed E-state index contributed by atoms with van der Waals surface area (Å²) in [5.41, 5.74) is 0. The summed E-state index contributed by atoms with van der Waals surface area (Å²) in [4.78, 5) is 0. The molecule has 0 aliphatic carbocycles. The number of rotatable bonds is 0. The molecule has 27 heavy (non-hydrogen) atoms. The molecule has 1 rings (SSSR count). The van der Waals surface area contributed by atoms with Gasteiger partial charge in [0.2, 0.25) is 0 Å². The summed E-state index contributed by atoms with van der Waals surface area (Å²) in [5.74, 6) is 10.0. The maximum atomic E-state index is 11.8. The van der Waals surface area contributed by atoms with Crippen LogP contribution in [0.5, 0.6) is 0 Å². The van der Waals surface area contributed by atoms with Crippen LogP contribution in [0.1, 0.15) is 0 Å². The zero-order valence-corrected chi connectivity index (χ0v) is 16.4. The van der Waals surface area contributed by atoms with Gasteiger partial charge in [0.05, 0.1) is 66.1 Å². The quantitative estimate of drug-likeness (QED) is 0.500. The molecule has 0 saturated heterocycles. The van der Waals surface area contributed by atoms with Crippen molar-refractivity contribution >= 4 is 9.84 Å². The zero-order chi connectivity index (χ0) is 19.5. The van der Waals surface area contributed by atoms with Gasteiger partial charge >= 0.3 is 0 Å². The molecule has 154 valence electrons. The average Bonchev–Trinajstić information content (AvgIpc) is 2.64. The Morgan fingerprint density at radius 3 is 1.07 bits per heavy atom. The van der Waals surface area contributed by atoms with Crippen LogP contribution in [0.3, 0.4) is 0 Å². The van der Waals surface area contributed by atoms with Crippen molar-refractivity contribution in [3.63, 3.8) is 0 Å². The molecule has 8 nitrogen and oxygen atoms in total. The molecule has 0 radical (unpaired) electrons. The van der Waals surface area contributed by atoms with E-state index >= 15 is 0 Å². The minimum atomic E-state index is -3.33. The van der Waals surface area contributed by atoms with Crippen LogP contribution >= 0.6 is 0 Å². The molecule has 0 spiro atoms. The molecule has 0 atom stereocenters. The van der Waals surface area contributed by atoms with Crippen LogP contribution in [0.2, 0.25) is 0 Å². The minimum absolute atomic E-state index is 0.161. The molecule has 1 aliphatic rings. The lowest BCUT2D eigenvalue weighted by molar-refractivity contribution is -0.0142. The van der Waals surface area contributed by atoms with Gasteiger partial charge in [-0.25, -0.2) is 8.42 Å². The average molecular weight is 404 g/mol. The van der Waals surface area contributed by atoms with E-state index in [0.29, 0.717) is 66.1 Å². The van der Waals surface area contributed by atoms with Crippen LogP contribution < -0.4 is 0 Å². The van der Waals surface area contributed by atoms with Crippen molar-refractivity contribution < 1.29 is 36.8 Å². The maximum absolute atomic E-state index is 11.8. The second-order valence-corrected chi connectivity index (χ2v) is 7.36. The summed E-state index contributed by atoms with van der Waals surface area (Å²) in [6.07, 6.45) is 0. The Morgan fingerprint density at radius 1 is 0.444 bits per heavy atom.